The maximum atomic E-state index is 12.7. The molecule has 0 aliphatic rings. The van der Waals surface area contributed by atoms with E-state index in [0.717, 1.165) is 23.3 Å². The van der Waals surface area contributed by atoms with E-state index >= 15 is 0 Å². The van der Waals surface area contributed by atoms with Crippen molar-refractivity contribution in [3.05, 3.63) is 58.6 Å². The molecule has 3 N–H and O–H groups in total. The highest BCUT2D eigenvalue weighted by atomic mass is 32.2. The van der Waals surface area contributed by atoms with Gasteiger partial charge in [0.2, 0.25) is 15.8 Å². The fourth-order valence-electron chi connectivity index (χ4n) is 2.58. The minimum Gasteiger partial charge on any atom is -0.345 e. The Balaban J connectivity index is 1.90. The van der Waals surface area contributed by atoms with E-state index in [0.29, 0.717) is 10.6 Å². The van der Waals surface area contributed by atoms with E-state index in [9.17, 15) is 26.4 Å². The number of halogens is 3. The number of benzene rings is 1. The van der Waals surface area contributed by atoms with Crippen LogP contribution in [0.5, 0.6) is 0 Å². The summed E-state index contributed by atoms with van der Waals surface area (Å²) in [5, 5.41) is 8.32. The van der Waals surface area contributed by atoms with Crippen LogP contribution in [0.1, 0.15) is 39.6 Å². The molecule has 0 fully saturated rings. The number of alkyl halides is 3. The number of sulfonamides is 1. The van der Waals surface area contributed by atoms with E-state index in [1.807, 2.05) is 6.92 Å². The number of amides is 1. The number of carbonyl (C=O) groups is 1. The van der Waals surface area contributed by atoms with E-state index in [2.05, 4.69) is 20.3 Å². The Hall–Kier alpha value is -2.90. The molecule has 0 saturated carbocycles. The number of carbonyl (C=O) groups excluding carboxylic acids is 1. The van der Waals surface area contributed by atoms with Crippen LogP contribution in [0, 0.1) is 6.92 Å². The SMILES string of the molecule is Cc1cnc(-c2cc(C(=O)N[C@H](C)c3cnc(C(F)(F)F)nc3)cc(S(N)(=O)=O)c2)s1. The zero-order chi connectivity index (χ0) is 23.0. The minimum atomic E-state index is -4.68. The molecule has 31 heavy (non-hydrogen) atoms. The summed E-state index contributed by atoms with van der Waals surface area (Å²) in [6.07, 6.45) is -1.14. The first-order valence-corrected chi connectivity index (χ1v) is 11.0. The Kier molecular flexibility index (Phi) is 6.11. The van der Waals surface area contributed by atoms with Crippen LogP contribution in [0.3, 0.4) is 0 Å². The van der Waals surface area contributed by atoms with Gasteiger partial charge in [-0.05, 0) is 32.0 Å². The maximum Gasteiger partial charge on any atom is 0.451 e. The Morgan fingerprint density at radius 2 is 1.77 bits per heavy atom. The van der Waals surface area contributed by atoms with Crippen molar-refractivity contribution in [1.82, 2.24) is 20.3 Å². The smallest absolute Gasteiger partial charge is 0.345 e. The zero-order valence-corrected chi connectivity index (χ0v) is 17.8. The lowest BCUT2D eigenvalue weighted by molar-refractivity contribution is -0.145. The van der Waals surface area contributed by atoms with Gasteiger partial charge in [0, 0.05) is 40.2 Å². The van der Waals surface area contributed by atoms with Gasteiger partial charge in [0.15, 0.2) is 0 Å². The summed E-state index contributed by atoms with van der Waals surface area (Å²) < 4.78 is 61.6. The molecule has 0 saturated heterocycles. The first-order chi connectivity index (χ1) is 14.3. The number of primary sulfonamides is 1. The van der Waals surface area contributed by atoms with Crippen LogP contribution < -0.4 is 10.5 Å². The highest BCUT2D eigenvalue weighted by Gasteiger charge is 2.34. The second-order valence-corrected chi connectivity index (χ2v) is 9.40. The van der Waals surface area contributed by atoms with E-state index in [-0.39, 0.29) is 16.0 Å². The van der Waals surface area contributed by atoms with Crippen molar-refractivity contribution >= 4 is 27.3 Å². The van der Waals surface area contributed by atoms with Crippen molar-refractivity contribution in [3.63, 3.8) is 0 Å². The molecule has 13 heteroatoms. The van der Waals surface area contributed by atoms with Gasteiger partial charge in [-0.15, -0.1) is 11.3 Å². The van der Waals surface area contributed by atoms with Crippen molar-refractivity contribution in [3.8, 4) is 10.6 Å². The number of aromatic nitrogens is 3. The molecule has 8 nitrogen and oxygen atoms in total. The molecule has 3 aromatic rings. The fraction of sp³-hybridized carbons (Fsp3) is 0.222. The number of nitrogens with one attached hydrogen (secondary N) is 1. The number of hydrogen-bond acceptors (Lipinski definition) is 7. The molecule has 1 aromatic carbocycles. The minimum absolute atomic E-state index is 0.00550. The van der Waals surface area contributed by atoms with Gasteiger partial charge in [-0.1, -0.05) is 0 Å². The second-order valence-electron chi connectivity index (χ2n) is 6.60. The van der Waals surface area contributed by atoms with Crippen molar-refractivity contribution in [1.29, 1.82) is 0 Å². The van der Waals surface area contributed by atoms with Crippen molar-refractivity contribution in [2.45, 2.75) is 31.0 Å². The third-order valence-corrected chi connectivity index (χ3v) is 5.99. The molecule has 0 aliphatic heterocycles. The van der Waals surface area contributed by atoms with Crippen LogP contribution in [0.25, 0.3) is 10.6 Å². The molecule has 1 amide bonds. The Morgan fingerprint density at radius 3 is 2.29 bits per heavy atom. The first-order valence-electron chi connectivity index (χ1n) is 8.65. The summed E-state index contributed by atoms with van der Waals surface area (Å²) >= 11 is 1.31. The van der Waals surface area contributed by atoms with Crippen LogP contribution in [0.4, 0.5) is 13.2 Å². The average molecular weight is 471 g/mol. The highest BCUT2D eigenvalue weighted by molar-refractivity contribution is 7.89. The van der Waals surface area contributed by atoms with E-state index < -0.39 is 34.0 Å². The van der Waals surface area contributed by atoms with Crippen LogP contribution in [-0.4, -0.2) is 29.3 Å². The number of thiazole rings is 1. The predicted octanol–water partition coefficient (Wildman–Crippen LogP) is 3.07. The highest BCUT2D eigenvalue weighted by Crippen LogP contribution is 2.29. The molecule has 0 radical (unpaired) electrons. The summed E-state index contributed by atoms with van der Waals surface area (Å²) in [5.41, 5.74) is 0.620. The van der Waals surface area contributed by atoms with E-state index in [1.165, 1.54) is 30.4 Å². The van der Waals surface area contributed by atoms with Crippen molar-refractivity contribution < 1.29 is 26.4 Å². The third kappa shape index (κ3) is 5.42. The molecule has 164 valence electrons. The molecule has 0 aliphatic carbocycles. The van der Waals surface area contributed by atoms with Gasteiger partial charge in [-0.3, -0.25) is 4.79 Å². The van der Waals surface area contributed by atoms with E-state index in [1.54, 1.807) is 6.20 Å². The Bertz CT molecular complexity index is 1220. The molecule has 2 heterocycles. The summed E-state index contributed by atoms with van der Waals surface area (Å²) in [6.45, 7) is 3.35. The molecule has 0 unspecified atom stereocenters. The molecule has 1 atom stereocenters. The summed E-state index contributed by atoms with van der Waals surface area (Å²) in [4.78, 5) is 24.1. The average Bonchev–Trinajstić information content (AvgIpc) is 3.12. The van der Waals surface area contributed by atoms with Gasteiger partial charge in [0.05, 0.1) is 10.9 Å². The number of nitrogens with zero attached hydrogens (tertiary/aromatic N) is 3. The summed E-state index contributed by atoms with van der Waals surface area (Å²) in [7, 11) is -4.11. The lowest BCUT2D eigenvalue weighted by atomic mass is 10.1. The monoisotopic (exact) mass is 471 g/mol. The molecular formula is C18H16F3N5O3S2. The van der Waals surface area contributed by atoms with E-state index in [4.69, 9.17) is 5.14 Å². The normalized spacial score (nSPS) is 13.1. The number of rotatable bonds is 5. The molecule has 0 spiro atoms. The van der Waals surface area contributed by atoms with Gasteiger partial charge >= 0.3 is 6.18 Å². The molecule has 0 bridgehead atoms. The fourth-order valence-corrected chi connectivity index (χ4v) is 3.91. The number of hydrogen-bond donors (Lipinski definition) is 2. The molecule has 3 rings (SSSR count). The topological polar surface area (TPSA) is 128 Å². The number of nitrogens with two attached hydrogens (primary N) is 1. The third-order valence-electron chi connectivity index (χ3n) is 4.14. The summed E-state index contributed by atoms with van der Waals surface area (Å²) in [6, 6.07) is 3.14. The molecule has 2 aromatic heterocycles. The summed E-state index contributed by atoms with van der Waals surface area (Å²) in [5.74, 6) is -1.95. The van der Waals surface area contributed by atoms with Gasteiger partial charge < -0.3 is 5.32 Å². The van der Waals surface area contributed by atoms with Gasteiger partial charge in [-0.2, -0.15) is 13.2 Å². The van der Waals surface area contributed by atoms with Crippen LogP contribution in [0.15, 0.2) is 41.7 Å². The standard InChI is InChI=1S/C18H16F3N5O3S2/c1-9-6-23-16(30-9)12-3-11(4-14(5-12)31(22,28)29)15(27)26-10(2)13-7-24-17(25-8-13)18(19,20)21/h3-8,10H,1-2H3,(H,26,27)(H2,22,28,29)/t10-/m1/s1. The van der Waals surface area contributed by atoms with Crippen molar-refractivity contribution in [2.24, 2.45) is 5.14 Å². The zero-order valence-electron chi connectivity index (χ0n) is 16.1. The van der Waals surface area contributed by atoms with Gasteiger partial charge in [0.25, 0.3) is 5.91 Å². The van der Waals surface area contributed by atoms with Crippen LogP contribution in [0.2, 0.25) is 0 Å². The Labute approximate surface area is 179 Å². The lowest BCUT2D eigenvalue weighted by Crippen LogP contribution is -2.27. The van der Waals surface area contributed by atoms with Crippen LogP contribution in [-0.2, 0) is 16.2 Å². The Morgan fingerprint density at radius 1 is 1.13 bits per heavy atom. The van der Waals surface area contributed by atoms with Crippen LogP contribution >= 0.6 is 11.3 Å². The quantitative estimate of drug-likeness (QED) is 0.589. The largest absolute Gasteiger partial charge is 0.451 e. The maximum absolute atomic E-state index is 12.7. The first kappa shape index (κ1) is 22.8. The number of aryl methyl sites for hydroxylation is 1. The van der Waals surface area contributed by atoms with Gasteiger partial charge in [0.1, 0.15) is 5.01 Å². The van der Waals surface area contributed by atoms with Crippen molar-refractivity contribution in [2.75, 3.05) is 0 Å². The molecular weight excluding hydrogens is 455 g/mol. The second kappa shape index (κ2) is 8.32. The lowest BCUT2D eigenvalue weighted by Gasteiger charge is -2.15. The van der Waals surface area contributed by atoms with Gasteiger partial charge in [-0.25, -0.2) is 28.5 Å². The predicted molar refractivity (Wildman–Crippen MR) is 107 cm³/mol.